The van der Waals surface area contributed by atoms with Gasteiger partial charge in [0, 0.05) is 0 Å². The summed E-state index contributed by atoms with van der Waals surface area (Å²) in [5, 5.41) is 0. The summed E-state index contributed by atoms with van der Waals surface area (Å²) >= 11 is 16.5. The number of nitrogens with two attached hydrogens (primary N) is 2. The topological polar surface area (TPSA) is 52.0 Å². The second-order valence-corrected chi connectivity index (χ2v) is 3.27. The SMILES string of the molecule is NC(=S)[S-].NC(=S)[S-].[CH2-]C[CH2-].[Zn+2].[Zn+2]. The van der Waals surface area contributed by atoms with Crippen LogP contribution < -0.4 is 11.5 Å². The maximum atomic E-state index is 4.66. The first-order chi connectivity index (χ1) is 4.88. The van der Waals surface area contributed by atoms with Crippen LogP contribution in [0.3, 0.4) is 0 Å². The molecule has 0 unspecified atom stereocenters. The fraction of sp³-hybridized carbons (Fsp3) is 0.200. The molecule has 0 aliphatic carbocycles. The van der Waals surface area contributed by atoms with Crippen molar-refractivity contribution in [2.45, 2.75) is 6.42 Å². The van der Waals surface area contributed by atoms with Gasteiger partial charge in [0.2, 0.25) is 0 Å². The van der Waals surface area contributed by atoms with Gasteiger partial charge in [-0.15, -0.1) is 0 Å². The Hall–Kier alpha value is 1.47. The molecule has 0 bridgehead atoms. The summed E-state index contributed by atoms with van der Waals surface area (Å²) < 4.78 is 0.167. The second kappa shape index (κ2) is 29.2. The molecule has 0 atom stereocenters. The van der Waals surface area contributed by atoms with Crippen LogP contribution in [0, 0.1) is 13.8 Å². The van der Waals surface area contributed by atoms with Crippen LogP contribution in [0.15, 0.2) is 0 Å². The van der Waals surface area contributed by atoms with E-state index in [-0.39, 0.29) is 47.6 Å². The third-order valence-electron chi connectivity index (χ3n) is 0. The van der Waals surface area contributed by atoms with Crippen LogP contribution in [0.5, 0.6) is 0 Å². The fourth-order valence-corrected chi connectivity index (χ4v) is 0. The minimum Gasteiger partial charge on any atom is -0.415 e. The number of thiocarbonyl (C=S) groups is 2. The summed E-state index contributed by atoms with van der Waals surface area (Å²) in [6.07, 6.45) is 0.750. The molecule has 0 aliphatic rings. The summed E-state index contributed by atoms with van der Waals surface area (Å²) in [5.74, 6) is 0. The normalized spacial score (nSPS) is 5.08. The summed E-state index contributed by atoms with van der Waals surface area (Å²) in [6.45, 7) is 6.75. The van der Waals surface area contributed by atoms with Gasteiger partial charge in [0.15, 0.2) is 0 Å². The van der Waals surface area contributed by atoms with Gasteiger partial charge < -0.3 is 81.4 Å². The van der Waals surface area contributed by atoms with E-state index in [0.717, 1.165) is 6.42 Å². The monoisotopic (exact) mass is 354 g/mol. The molecule has 0 aromatic rings. The summed E-state index contributed by atoms with van der Waals surface area (Å²) in [6, 6.07) is 0. The van der Waals surface area contributed by atoms with Crippen LogP contribution in [0.25, 0.3) is 0 Å². The molecule has 2 nitrogen and oxygen atoms in total. The number of hydrogen-bond donors (Lipinski definition) is 2. The largest absolute Gasteiger partial charge is 2.00 e. The Morgan fingerprint density at radius 2 is 1.00 bits per heavy atom. The minimum absolute atomic E-state index is 0. The maximum Gasteiger partial charge on any atom is 2.00 e. The third kappa shape index (κ3) is 823. The van der Waals surface area contributed by atoms with Crippen LogP contribution in [-0.2, 0) is 64.2 Å². The number of rotatable bonds is 0. The van der Waals surface area contributed by atoms with Crippen molar-refractivity contribution in [3.63, 3.8) is 0 Å². The Morgan fingerprint density at radius 1 is 1.00 bits per heavy atom. The number of hydrogen-bond acceptors (Lipinski definition) is 4. The Balaban J connectivity index is -0.0000000231. The summed E-state index contributed by atoms with van der Waals surface area (Å²) in [4.78, 5) is 0. The zero-order valence-electron chi connectivity index (χ0n) is 7.32. The van der Waals surface area contributed by atoms with Crippen LogP contribution in [0.4, 0.5) is 0 Å². The predicted octanol–water partition coefficient (Wildman–Crippen LogP) is 0.593. The molecule has 0 radical (unpaired) electrons. The molecule has 13 heavy (non-hydrogen) atoms. The Kier molecular flexibility index (Phi) is 65.7. The molecule has 0 saturated carbocycles. The molecule has 0 aromatic carbocycles. The van der Waals surface area contributed by atoms with E-state index in [1.54, 1.807) is 0 Å². The molecule has 0 spiro atoms. The predicted molar refractivity (Wildman–Crippen MR) is 63.6 cm³/mol. The third-order valence-corrected chi connectivity index (χ3v) is 0. The van der Waals surface area contributed by atoms with E-state index in [0.29, 0.717) is 0 Å². The molecule has 0 saturated heterocycles. The molecule has 0 aromatic heterocycles. The van der Waals surface area contributed by atoms with Crippen molar-refractivity contribution >= 4 is 58.3 Å². The van der Waals surface area contributed by atoms with Crippen LogP contribution >= 0.6 is 24.4 Å². The van der Waals surface area contributed by atoms with E-state index in [2.05, 4.69) is 75.0 Å². The molecular formula is C5H10N2S4Zn2. The summed E-state index contributed by atoms with van der Waals surface area (Å²) in [5.41, 5.74) is 9.31. The van der Waals surface area contributed by atoms with E-state index in [1.165, 1.54) is 0 Å². The molecule has 4 N–H and O–H groups in total. The van der Waals surface area contributed by atoms with Crippen LogP contribution in [-0.4, -0.2) is 8.64 Å². The van der Waals surface area contributed by atoms with E-state index < -0.39 is 0 Å². The molecule has 0 rings (SSSR count). The van der Waals surface area contributed by atoms with Crippen molar-refractivity contribution in [1.82, 2.24) is 0 Å². The Bertz CT molecular complexity index is 92.7. The molecule has 0 heterocycles. The molecule has 0 fully saturated rings. The maximum absolute atomic E-state index is 4.66. The zero-order valence-corrected chi connectivity index (χ0v) is 16.5. The van der Waals surface area contributed by atoms with E-state index in [4.69, 9.17) is 0 Å². The van der Waals surface area contributed by atoms with E-state index in [1.807, 2.05) is 0 Å². The van der Waals surface area contributed by atoms with E-state index >= 15 is 0 Å². The first kappa shape index (κ1) is 29.3. The van der Waals surface area contributed by atoms with Crippen molar-refractivity contribution in [2.75, 3.05) is 0 Å². The molecule has 0 amide bonds. The van der Waals surface area contributed by atoms with Gasteiger partial charge in [0.1, 0.15) is 0 Å². The van der Waals surface area contributed by atoms with Gasteiger partial charge in [0.25, 0.3) is 0 Å². The van der Waals surface area contributed by atoms with Crippen molar-refractivity contribution in [3.05, 3.63) is 13.8 Å². The van der Waals surface area contributed by atoms with Gasteiger partial charge in [-0.05, 0) is 0 Å². The standard InChI is InChI=1S/C3H6.2CH3NS2.2Zn/c1-3-2;2*2-1(3)4;;/h1-3H2;2*(H3,2,3,4);;/q-2;;;2*+2/p-2. The average molecular weight is 357 g/mol. The average Bonchev–Trinajstić information content (AvgIpc) is 1.60. The molecule has 68 valence electrons. The molecule has 0 aliphatic heterocycles. The smallest absolute Gasteiger partial charge is 0.415 e. The molecular weight excluding hydrogens is 347 g/mol. The van der Waals surface area contributed by atoms with Gasteiger partial charge in [0.05, 0.1) is 0 Å². The van der Waals surface area contributed by atoms with Crippen molar-refractivity contribution in [2.24, 2.45) is 11.5 Å². The van der Waals surface area contributed by atoms with Gasteiger partial charge in [-0.25, -0.2) is 0 Å². The Morgan fingerprint density at radius 3 is 1.00 bits per heavy atom. The van der Waals surface area contributed by atoms with Gasteiger partial charge in [-0.3, -0.25) is 0 Å². The van der Waals surface area contributed by atoms with Gasteiger partial charge in [-0.2, -0.15) is 0 Å². The first-order valence-electron chi connectivity index (χ1n) is 2.39. The fourth-order valence-electron chi connectivity index (χ4n) is 0. The van der Waals surface area contributed by atoms with Gasteiger partial charge >= 0.3 is 39.0 Å². The summed E-state index contributed by atoms with van der Waals surface area (Å²) in [7, 11) is 0. The Labute approximate surface area is 128 Å². The van der Waals surface area contributed by atoms with Crippen LogP contribution in [0.2, 0.25) is 0 Å². The van der Waals surface area contributed by atoms with Gasteiger partial charge in [-0.1, -0.05) is 8.64 Å². The van der Waals surface area contributed by atoms with E-state index in [9.17, 15) is 0 Å². The molecule has 8 heteroatoms. The van der Waals surface area contributed by atoms with Crippen LogP contribution in [0.1, 0.15) is 6.42 Å². The second-order valence-electron chi connectivity index (χ2n) is 0.992. The quantitative estimate of drug-likeness (QED) is 0.287. The van der Waals surface area contributed by atoms with Crippen molar-refractivity contribution in [3.8, 4) is 0 Å². The minimum atomic E-state index is 0. The van der Waals surface area contributed by atoms with Crippen molar-refractivity contribution < 1.29 is 39.0 Å². The van der Waals surface area contributed by atoms with Crippen molar-refractivity contribution in [1.29, 1.82) is 0 Å². The zero-order chi connectivity index (χ0) is 9.86. The first-order valence-corrected chi connectivity index (χ1v) is 4.03.